The minimum Gasteiger partial charge on any atom is -0.489 e. The number of benzene rings is 1. The molecule has 9 heteroatoms. The molecule has 0 spiro atoms. The molecule has 2 N–H and O–H groups in total. The van der Waals surface area contributed by atoms with Gasteiger partial charge >= 0.3 is 0 Å². The van der Waals surface area contributed by atoms with Crippen molar-refractivity contribution in [2.24, 2.45) is 0 Å². The van der Waals surface area contributed by atoms with E-state index in [-0.39, 0.29) is 36.4 Å². The van der Waals surface area contributed by atoms with Gasteiger partial charge in [-0.2, -0.15) is 4.98 Å². The third-order valence-corrected chi connectivity index (χ3v) is 5.30. The molecular weight excluding hydrogens is 401 g/mol. The van der Waals surface area contributed by atoms with Crippen LogP contribution in [-0.4, -0.2) is 66.9 Å². The van der Waals surface area contributed by atoms with Crippen molar-refractivity contribution in [2.75, 3.05) is 43.6 Å². The largest absolute Gasteiger partial charge is 0.489 e. The van der Waals surface area contributed by atoms with Crippen LogP contribution in [0.25, 0.3) is 0 Å². The number of nitrogens with zero attached hydrogens (tertiary/aromatic N) is 4. The maximum atomic E-state index is 14.3. The summed E-state index contributed by atoms with van der Waals surface area (Å²) in [4.78, 5) is 24.2. The first-order valence-corrected chi connectivity index (χ1v) is 10.4. The molecule has 1 fully saturated rings. The number of halogens is 1. The molecule has 0 aliphatic carbocycles. The highest BCUT2D eigenvalue weighted by molar-refractivity contribution is 5.83. The predicted molar refractivity (Wildman–Crippen MR) is 117 cm³/mol. The molecule has 0 bridgehead atoms. The zero-order valence-electron chi connectivity index (χ0n) is 18.4. The molecule has 1 aromatic carbocycles. The first-order chi connectivity index (χ1) is 14.8. The lowest BCUT2D eigenvalue weighted by atomic mass is 10.00. The van der Waals surface area contributed by atoms with E-state index in [0.717, 1.165) is 12.0 Å². The van der Waals surface area contributed by atoms with Gasteiger partial charge in [0.25, 0.3) is 0 Å². The van der Waals surface area contributed by atoms with Crippen molar-refractivity contribution < 1.29 is 19.0 Å². The standard InChI is InChI=1S/C22H30FN5O3/c1-14(13-29)25-21(30)15(2)16-5-7-17(8-6-16)31-18-9-10-28(12-18)20-19(23)11-24-22(26-20)27(3)4/h5-8,11,14-15,18,29H,9-10,12-13H2,1-4H3,(H,25,30)/t14-,15?,18-/m1/s1. The average molecular weight is 432 g/mol. The number of ether oxygens (including phenoxy) is 1. The zero-order chi connectivity index (χ0) is 22.5. The molecule has 31 heavy (non-hydrogen) atoms. The second-order valence-corrected chi connectivity index (χ2v) is 8.09. The van der Waals surface area contributed by atoms with Crippen LogP contribution in [0.3, 0.4) is 0 Å². The Bertz CT molecular complexity index is 893. The second kappa shape index (κ2) is 9.91. The average Bonchev–Trinajstić information content (AvgIpc) is 3.21. The van der Waals surface area contributed by atoms with Gasteiger partial charge in [0.2, 0.25) is 11.9 Å². The fourth-order valence-electron chi connectivity index (χ4n) is 3.40. The number of aliphatic hydroxyl groups excluding tert-OH is 1. The number of aromatic nitrogens is 2. The van der Waals surface area contributed by atoms with E-state index < -0.39 is 5.82 Å². The smallest absolute Gasteiger partial charge is 0.227 e. The van der Waals surface area contributed by atoms with Crippen LogP contribution < -0.4 is 19.9 Å². The fourth-order valence-corrected chi connectivity index (χ4v) is 3.40. The van der Waals surface area contributed by atoms with Gasteiger partial charge in [-0.05, 0) is 31.5 Å². The molecule has 8 nitrogen and oxygen atoms in total. The normalized spacial score (nSPS) is 17.9. The lowest BCUT2D eigenvalue weighted by Crippen LogP contribution is -2.37. The molecule has 1 aliphatic rings. The highest BCUT2D eigenvalue weighted by Crippen LogP contribution is 2.26. The summed E-state index contributed by atoms with van der Waals surface area (Å²) in [5.74, 6) is 0.532. The van der Waals surface area contributed by atoms with Gasteiger partial charge < -0.3 is 25.0 Å². The number of anilines is 2. The predicted octanol–water partition coefficient (Wildman–Crippen LogP) is 1.94. The summed E-state index contributed by atoms with van der Waals surface area (Å²) in [7, 11) is 3.63. The number of rotatable bonds is 8. The van der Waals surface area contributed by atoms with Crippen molar-refractivity contribution in [1.29, 1.82) is 0 Å². The molecule has 168 valence electrons. The van der Waals surface area contributed by atoms with Gasteiger partial charge in [-0.3, -0.25) is 4.79 Å². The minimum atomic E-state index is -0.446. The topological polar surface area (TPSA) is 90.8 Å². The highest BCUT2D eigenvalue weighted by Gasteiger charge is 2.28. The van der Waals surface area contributed by atoms with E-state index in [1.54, 1.807) is 11.8 Å². The molecule has 2 heterocycles. The third kappa shape index (κ3) is 5.61. The van der Waals surface area contributed by atoms with Crippen molar-refractivity contribution in [3.63, 3.8) is 0 Å². The number of amides is 1. The molecule has 1 aliphatic heterocycles. The van der Waals surface area contributed by atoms with E-state index in [9.17, 15) is 9.18 Å². The Balaban J connectivity index is 1.59. The van der Waals surface area contributed by atoms with Crippen LogP contribution >= 0.6 is 0 Å². The Labute approximate surface area is 182 Å². The van der Waals surface area contributed by atoms with Crippen molar-refractivity contribution in [3.8, 4) is 5.75 Å². The van der Waals surface area contributed by atoms with Gasteiger partial charge in [0.15, 0.2) is 11.6 Å². The van der Waals surface area contributed by atoms with Crippen molar-refractivity contribution in [1.82, 2.24) is 15.3 Å². The lowest BCUT2D eigenvalue weighted by Gasteiger charge is -2.20. The summed E-state index contributed by atoms with van der Waals surface area (Å²) in [5, 5.41) is 11.9. The van der Waals surface area contributed by atoms with Crippen molar-refractivity contribution in [3.05, 3.63) is 41.8 Å². The summed E-state index contributed by atoms with van der Waals surface area (Å²) in [6, 6.07) is 7.13. The summed E-state index contributed by atoms with van der Waals surface area (Å²) in [5.41, 5.74) is 0.863. The van der Waals surface area contributed by atoms with Crippen molar-refractivity contribution in [2.45, 2.75) is 38.3 Å². The summed E-state index contributed by atoms with van der Waals surface area (Å²) in [6.07, 6.45) is 1.86. The van der Waals surface area contributed by atoms with Crippen LogP contribution in [0, 0.1) is 5.82 Å². The molecular formula is C22H30FN5O3. The molecule has 0 radical (unpaired) electrons. The van der Waals surface area contributed by atoms with E-state index in [4.69, 9.17) is 9.84 Å². The number of carbonyl (C=O) groups excluding carboxylic acids is 1. The van der Waals surface area contributed by atoms with Crippen LogP contribution in [0.1, 0.15) is 31.7 Å². The van der Waals surface area contributed by atoms with Crippen LogP contribution in [0.4, 0.5) is 16.2 Å². The van der Waals surface area contributed by atoms with Gasteiger partial charge in [0.1, 0.15) is 11.9 Å². The van der Waals surface area contributed by atoms with E-state index in [1.165, 1.54) is 6.20 Å². The monoisotopic (exact) mass is 431 g/mol. The quantitative estimate of drug-likeness (QED) is 0.660. The first-order valence-electron chi connectivity index (χ1n) is 10.4. The van der Waals surface area contributed by atoms with E-state index >= 15 is 0 Å². The Hall–Kier alpha value is -2.94. The summed E-state index contributed by atoms with van der Waals surface area (Å²) >= 11 is 0. The molecule has 3 atom stereocenters. The first kappa shape index (κ1) is 22.7. The van der Waals surface area contributed by atoms with Crippen LogP contribution in [0.2, 0.25) is 0 Å². The number of hydrogen-bond acceptors (Lipinski definition) is 7. The van der Waals surface area contributed by atoms with Gasteiger partial charge in [-0.1, -0.05) is 12.1 Å². The van der Waals surface area contributed by atoms with E-state index in [2.05, 4.69) is 15.3 Å². The SMILES string of the molecule is CC(C(=O)N[C@H](C)CO)c1ccc(O[C@@H]2CCN(c3nc(N(C)C)ncc3F)C2)cc1. The molecule has 1 unspecified atom stereocenters. The fraction of sp³-hybridized carbons (Fsp3) is 0.500. The maximum Gasteiger partial charge on any atom is 0.227 e. The van der Waals surface area contributed by atoms with Crippen molar-refractivity contribution >= 4 is 17.7 Å². The Morgan fingerprint density at radius 3 is 2.71 bits per heavy atom. The van der Waals surface area contributed by atoms with Gasteiger partial charge in [-0.25, -0.2) is 9.37 Å². The summed E-state index contributed by atoms with van der Waals surface area (Å²) in [6.45, 7) is 4.65. The highest BCUT2D eigenvalue weighted by atomic mass is 19.1. The molecule has 3 rings (SSSR count). The third-order valence-electron chi connectivity index (χ3n) is 5.30. The Kier molecular flexibility index (Phi) is 7.27. The number of aliphatic hydroxyl groups is 1. The molecule has 1 amide bonds. The van der Waals surface area contributed by atoms with E-state index in [0.29, 0.717) is 24.8 Å². The van der Waals surface area contributed by atoms with Gasteiger partial charge in [-0.15, -0.1) is 0 Å². The zero-order valence-corrected chi connectivity index (χ0v) is 18.4. The number of nitrogens with one attached hydrogen (secondary N) is 1. The number of carbonyl (C=O) groups is 1. The van der Waals surface area contributed by atoms with Crippen LogP contribution in [0.15, 0.2) is 30.5 Å². The molecule has 2 aromatic rings. The summed E-state index contributed by atoms with van der Waals surface area (Å²) < 4.78 is 20.3. The Morgan fingerprint density at radius 1 is 1.35 bits per heavy atom. The maximum absolute atomic E-state index is 14.3. The number of hydrogen-bond donors (Lipinski definition) is 2. The minimum absolute atomic E-state index is 0.0888. The van der Waals surface area contributed by atoms with Gasteiger partial charge in [0, 0.05) is 33.1 Å². The molecule has 0 saturated carbocycles. The molecule has 1 aromatic heterocycles. The van der Waals surface area contributed by atoms with Gasteiger partial charge in [0.05, 0.1) is 25.3 Å². The Morgan fingerprint density at radius 2 is 2.06 bits per heavy atom. The van der Waals surface area contributed by atoms with Crippen LogP contribution in [-0.2, 0) is 4.79 Å². The van der Waals surface area contributed by atoms with Crippen LogP contribution in [0.5, 0.6) is 5.75 Å². The lowest BCUT2D eigenvalue weighted by molar-refractivity contribution is -0.123. The second-order valence-electron chi connectivity index (χ2n) is 8.09. The van der Waals surface area contributed by atoms with E-state index in [1.807, 2.05) is 50.2 Å². The molecule has 1 saturated heterocycles.